The summed E-state index contributed by atoms with van der Waals surface area (Å²) in [5.74, 6) is 0.0211. The van der Waals surface area contributed by atoms with Gasteiger partial charge in [0.05, 0.1) is 5.02 Å². The molecule has 1 aliphatic heterocycles. The van der Waals surface area contributed by atoms with Crippen molar-refractivity contribution in [3.63, 3.8) is 0 Å². The first-order chi connectivity index (χ1) is 7.58. The van der Waals surface area contributed by atoms with Gasteiger partial charge in [-0.2, -0.15) is 0 Å². The van der Waals surface area contributed by atoms with Gasteiger partial charge in [0.15, 0.2) is 0 Å². The van der Waals surface area contributed by atoms with Crippen molar-refractivity contribution >= 4 is 29.9 Å². The van der Waals surface area contributed by atoms with E-state index in [0.29, 0.717) is 16.8 Å². The number of piperazine rings is 1. The Labute approximate surface area is 112 Å². The minimum Gasteiger partial charge on any atom is -0.356 e. The Morgan fingerprint density at radius 3 is 2.82 bits per heavy atom. The van der Waals surface area contributed by atoms with E-state index < -0.39 is 0 Å². The zero-order chi connectivity index (χ0) is 11.7. The second kappa shape index (κ2) is 5.76. The molecule has 1 fully saturated rings. The third-order valence-corrected chi connectivity index (χ3v) is 3.12. The van der Waals surface area contributed by atoms with Crippen LogP contribution in [0.1, 0.15) is 24.3 Å². The summed E-state index contributed by atoms with van der Waals surface area (Å²) in [6, 6.07) is 2.22. The summed E-state index contributed by atoms with van der Waals surface area (Å²) in [5, 5.41) is 3.91. The molecule has 1 amide bonds. The highest BCUT2D eigenvalue weighted by Crippen LogP contribution is 2.15. The zero-order valence-corrected chi connectivity index (χ0v) is 11.4. The summed E-state index contributed by atoms with van der Waals surface area (Å²) in [7, 11) is 0. The molecule has 0 saturated carbocycles. The molecule has 2 heterocycles. The van der Waals surface area contributed by atoms with Crippen LogP contribution >= 0.6 is 24.0 Å². The van der Waals surface area contributed by atoms with Crippen LogP contribution in [0.2, 0.25) is 5.02 Å². The average molecular weight is 278 g/mol. The Bertz CT molecular complexity index is 394. The van der Waals surface area contributed by atoms with Gasteiger partial charge in [0, 0.05) is 31.4 Å². The minimum absolute atomic E-state index is 0. The fourth-order valence-electron chi connectivity index (χ4n) is 1.95. The molecule has 1 aromatic rings. The molecule has 0 bridgehead atoms. The van der Waals surface area contributed by atoms with Crippen molar-refractivity contribution in [3.05, 3.63) is 23.0 Å². The molecule has 4 nitrogen and oxygen atoms in total. The van der Waals surface area contributed by atoms with Crippen molar-refractivity contribution in [2.24, 2.45) is 0 Å². The van der Waals surface area contributed by atoms with Gasteiger partial charge in [-0.05, 0) is 19.9 Å². The molecule has 0 spiro atoms. The van der Waals surface area contributed by atoms with Crippen LogP contribution in [0.5, 0.6) is 0 Å². The number of H-pyrrole nitrogens is 1. The smallest absolute Gasteiger partial charge is 0.270 e. The van der Waals surface area contributed by atoms with Crippen molar-refractivity contribution in [3.8, 4) is 0 Å². The average Bonchev–Trinajstić information content (AvgIpc) is 2.67. The number of aromatic nitrogens is 1. The van der Waals surface area contributed by atoms with E-state index in [1.807, 2.05) is 11.8 Å². The lowest BCUT2D eigenvalue weighted by Gasteiger charge is -2.37. The number of aromatic amines is 1. The molecule has 6 heteroatoms. The lowest BCUT2D eigenvalue weighted by Crippen LogP contribution is -2.56. The summed E-state index contributed by atoms with van der Waals surface area (Å²) in [6.45, 7) is 5.69. The summed E-state index contributed by atoms with van der Waals surface area (Å²) in [4.78, 5) is 16.9. The summed E-state index contributed by atoms with van der Waals surface area (Å²) < 4.78 is 0. The molecule has 2 atom stereocenters. The zero-order valence-electron chi connectivity index (χ0n) is 9.87. The number of nitrogens with zero attached hydrogens (tertiary/aromatic N) is 1. The topological polar surface area (TPSA) is 48.1 Å². The molecule has 1 aliphatic rings. The van der Waals surface area contributed by atoms with Gasteiger partial charge in [-0.3, -0.25) is 4.79 Å². The van der Waals surface area contributed by atoms with E-state index in [1.165, 1.54) is 0 Å². The molecule has 0 radical (unpaired) electrons. The van der Waals surface area contributed by atoms with E-state index in [2.05, 4.69) is 17.2 Å². The van der Waals surface area contributed by atoms with Gasteiger partial charge in [-0.25, -0.2) is 0 Å². The van der Waals surface area contributed by atoms with Crippen molar-refractivity contribution in [1.82, 2.24) is 15.2 Å². The quantitative estimate of drug-likeness (QED) is 0.824. The fraction of sp³-hybridized carbons (Fsp3) is 0.545. The number of carbonyl (C=O) groups is 1. The molecule has 0 aliphatic carbocycles. The van der Waals surface area contributed by atoms with Gasteiger partial charge < -0.3 is 15.2 Å². The van der Waals surface area contributed by atoms with Gasteiger partial charge in [0.25, 0.3) is 5.91 Å². The number of hydrogen-bond donors (Lipinski definition) is 2. The Morgan fingerprint density at radius 2 is 2.24 bits per heavy atom. The highest BCUT2D eigenvalue weighted by molar-refractivity contribution is 6.30. The van der Waals surface area contributed by atoms with E-state index in [4.69, 9.17) is 11.6 Å². The molecule has 2 rings (SSSR count). The second-order valence-electron chi connectivity index (χ2n) is 4.35. The minimum atomic E-state index is 0. The van der Waals surface area contributed by atoms with Crippen LogP contribution < -0.4 is 5.32 Å². The molecule has 17 heavy (non-hydrogen) atoms. The molecule has 96 valence electrons. The van der Waals surface area contributed by atoms with Crippen LogP contribution in [0.4, 0.5) is 0 Å². The highest BCUT2D eigenvalue weighted by atomic mass is 35.5. The van der Waals surface area contributed by atoms with Crippen molar-refractivity contribution in [2.45, 2.75) is 25.9 Å². The first-order valence-corrected chi connectivity index (χ1v) is 5.84. The number of carbonyl (C=O) groups excluding carboxylic acids is 1. The first kappa shape index (κ1) is 14.4. The molecule has 2 unspecified atom stereocenters. The van der Waals surface area contributed by atoms with Gasteiger partial charge in [0.1, 0.15) is 5.69 Å². The summed E-state index contributed by atoms with van der Waals surface area (Å²) in [6.07, 6.45) is 1.63. The third kappa shape index (κ3) is 3.15. The second-order valence-corrected chi connectivity index (χ2v) is 4.78. The van der Waals surface area contributed by atoms with Crippen molar-refractivity contribution in [1.29, 1.82) is 0 Å². The Kier molecular flexibility index (Phi) is 4.86. The number of amides is 1. The number of hydrogen-bond acceptors (Lipinski definition) is 2. The summed E-state index contributed by atoms with van der Waals surface area (Å²) >= 11 is 5.79. The molecule has 2 N–H and O–H groups in total. The molecular formula is C11H17Cl2N3O. The van der Waals surface area contributed by atoms with Gasteiger partial charge >= 0.3 is 0 Å². The van der Waals surface area contributed by atoms with Gasteiger partial charge in [-0.1, -0.05) is 11.6 Å². The van der Waals surface area contributed by atoms with E-state index >= 15 is 0 Å². The number of rotatable bonds is 1. The van der Waals surface area contributed by atoms with Crippen LogP contribution in [0.15, 0.2) is 12.3 Å². The van der Waals surface area contributed by atoms with Crippen molar-refractivity contribution in [2.75, 3.05) is 13.1 Å². The predicted molar refractivity (Wildman–Crippen MR) is 71.0 cm³/mol. The Balaban J connectivity index is 0.00000144. The van der Waals surface area contributed by atoms with E-state index in [-0.39, 0.29) is 24.4 Å². The van der Waals surface area contributed by atoms with Crippen LogP contribution in [0.3, 0.4) is 0 Å². The predicted octanol–water partition coefficient (Wildman–Crippen LogP) is 1.91. The molecule has 0 aromatic carbocycles. The van der Waals surface area contributed by atoms with Crippen molar-refractivity contribution < 1.29 is 4.79 Å². The maximum atomic E-state index is 12.2. The normalized spacial score (nSPS) is 24.3. The SMILES string of the molecule is CC1CN(C(=O)c2cc(Cl)c[nH]2)C(C)CN1.Cl. The van der Waals surface area contributed by atoms with E-state index in [0.717, 1.165) is 13.1 Å². The van der Waals surface area contributed by atoms with Gasteiger partial charge in [0.2, 0.25) is 0 Å². The van der Waals surface area contributed by atoms with Crippen LogP contribution in [0.25, 0.3) is 0 Å². The standard InChI is InChI=1S/C11H16ClN3O.ClH/c1-7-6-15(8(2)4-13-7)11(16)10-3-9(12)5-14-10;/h3,5,7-8,13-14H,4,6H2,1-2H3;1H. The number of nitrogens with one attached hydrogen (secondary N) is 2. The molecule has 1 aromatic heterocycles. The Morgan fingerprint density at radius 1 is 1.53 bits per heavy atom. The maximum absolute atomic E-state index is 12.2. The van der Waals surface area contributed by atoms with Crippen LogP contribution in [0, 0.1) is 0 Å². The Hall–Kier alpha value is -0.710. The lowest BCUT2D eigenvalue weighted by molar-refractivity contribution is 0.0611. The fourth-order valence-corrected chi connectivity index (χ4v) is 2.11. The largest absolute Gasteiger partial charge is 0.356 e. The highest BCUT2D eigenvalue weighted by Gasteiger charge is 2.27. The van der Waals surface area contributed by atoms with Crippen LogP contribution in [-0.4, -0.2) is 41.0 Å². The van der Waals surface area contributed by atoms with Gasteiger partial charge in [-0.15, -0.1) is 12.4 Å². The monoisotopic (exact) mass is 277 g/mol. The maximum Gasteiger partial charge on any atom is 0.270 e. The molecule has 1 saturated heterocycles. The van der Waals surface area contributed by atoms with Crippen LogP contribution in [-0.2, 0) is 0 Å². The lowest BCUT2D eigenvalue weighted by atomic mass is 10.1. The number of halogens is 2. The molecular weight excluding hydrogens is 261 g/mol. The first-order valence-electron chi connectivity index (χ1n) is 5.46. The summed E-state index contributed by atoms with van der Waals surface area (Å²) in [5.41, 5.74) is 0.561. The van der Waals surface area contributed by atoms with E-state index in [1.54, 1.807) is 12.3 Å². The third-order valence-electron chi connectivity index (χ3n) is 2.90. The van der Waals surface area contributed by atoms with E-state index in [9.17, 15) is 4.79 Å².